The number of carbonyl (C=O) groups is 3. The molecule has 0 radical (unpaired) electrons. The average Bonchev–Trinajstić information content (AvgIpc) is 2.87. The molecule has 0 saturated carbocycles. The van der Waals surface area contributed by atoms with Crippen LogP contribution in [0.3, 0.4) is 0 Å². The van der Waals surface area contributed by atoms with Crippen LogP contribution in [0.4, 0.5) is 5.82 Å². The van der Waals surface area contributed by atoms with Crippen molar-refractivity contribution in [2.24, 2.45) is 0 Å². The number of aldehydes is 1. The Labute approximate surface area is 205 Å². The van der Waals surface area contributed by atoms with Gasteiger partial charge in [0.2, 0.25) is 0 Å². The van der Waals surface area contributed by atoms with Crippen LogP contribution in [-0.4, -0.2) is 36.4 Å². The molecule has 7 nitrogen and oxygen atoms in total. The SMILES string of the molecule is CCOC(=O)/C(=C\Nc1ncccc1C)c1ccccc1.CCOC(=O)Cc1ccccc1C=O. The largest absolute Gasteiger partial charge is 0.466 e. The smallest absolute Gasteiger partial charge is 0.340 e. The monoisotopic (exact) mass is 474 g/mol. The second-order valence-corrected chi connectivity index (χ2v) is 7.26. The van der Waals surface area contributed by atoms with E-state index in [0.717, 1.165) is 23.2 Å². The molecular weight excluding hydrogens is 444 g/mol. The minimum absolute atomic E-state index is 0.156. The van der Waals surface area contributed by atoms with E-state index in [2.05, 4.69) is 10.3 Å². The van der Waals surface area contributed by atoms with E-state index in [0.29, 0.717) is 29.9 Å². The summed E-state index contributed by atoms with van der Waals surface area (Å²) >= 11 is 0. The van der Waals surface area contributed by atoms with Crippen molar-refractivity contribution in [1.29, 1.82) is 0 Å². The zero-order valence-corrected chi connectivity index (χ0v) is 20.2. The van der Waals surface area contributed by atoms with Gasteiger partial charge in [-0.3, -0.25) is 9.59 Å². The zero-order chi connectivity index (χ0) is 25.5. The number of rotatable bonds is 9. The Balaban J connectivity index is 0.000000269. The molecular formula is C28H30N2O5. The molecule has 0 saturated heterocycles. The van der Waals surface area contributed by atoms with Gasteiger partial charge in [0.05, 0.1) is 25.2 Å². The summed E-state index contributed by atoms with van der Waals surface area (Å²) in [5, 5.41) is 3.08. The molecule has 1 heterocycles. The number of anilines is 1. The molecule has 0 fully saturated rings. The third kappa shape index (κ3) is 8.89. The highest BCUT2D eigenvalue weighted by atomic mass is 16.5. The number of benzene rings is 2. The Bertz CT molecular complexity index is 1140. The number of hydrogen-bond acceptors (Lipinski definition) is 7. The molecule has 0 aliphatic heterocycles. The van der Waals surface area contributed by atoms with Crippen LogP contribution in [0.2, 0.25) is 0 Å². The van der Waals surface area contributed by atoms with Gasteiger partial charge in [-0.2, -0.15) is 0 Å². The van der Waals surface area contributed by atoms with E-state index in [4.69, 9.17) is 9.47 Å². The van der Waals surface area contributed by atoms with Crippen molar-refractivity contribution in [1.82, 2.24) is 4.98 Å². The van der Waals surface area contributed by atoms with Gasteiger partial charge >= 0.3 is 11.9 Å². The lowest BCUT2D eigenvalue weighted by Gasteiger charge is -2.09. The highest BCUT2D eigenvalue weighted by Crippen LogP contribution is 2.17. The number of hydrogen-bond donors (Lipinski definition) is 1. The molecule has 0 unspecified atom stereocenters. The van der Waals surface area contributed by atoms with Crippen LogP contribution in [0.1, 0.15) is 40.9 Å². The first-order valence-corrected chi connectivity index (χ1v) is 11.3. The van der Waals surface area contributed by atoms with Crippen LogP contribution in [0.25, 0.3) is 5.57 Å². The number of pyridine rings is 1. The summed E-state index contributed by atoms with van der Waals surface area (Å²) in [4.78, 5) is 38.1. The summed E-state index contributed by atoms with van der Waals surface area (Å²) in [5.74, 6) is 0.0572. The second kappa shape index (κ2) is 14.8. The average molecular weight is 475 g/mol. The highest BCUT2D eigenvalue weighted by molar-refractivity contribution is 6.16. The first-order chi connectivity index (χ1) is 17.0. The topological polar surface area (TPSA) is 94.6 Å². The Kier molecular flexibility index (Phi) is 11.4. The molecule has 3 aromatic rings. The third-order valence-electron chi connectivity index (χ3n) is 4.76. The van der Waals surface area contributed by atoms with Crippen LogP contribution in [-0.2, 0) is 25.5 Å². The van der Waals surface area contributed by atoms with Crippen molar-refractivity contribution >= 4 is 29.6 Å². The maximum Gasteiger partial charge on any atom is 0.340 e. The Hall–Kier alpha value is -4.26. The summed E-state index contributed by atoms with van der Waals surface area (Å²) in [7, 11) is 0. The number of aryl methyl sites for hydroxylation is 1. The Morgan fingerprint density at radius 1 is 0.914 bits per heavy atom. The Morgan fingerprint density at radius 3 is 2.26 bits per heavy atom. The van der Waals surface area contributed by atoms with E-state index in [9.17, 15) is 14.4 Å². The minimum Gasteiger partial charge on any atom is -0.466 e. The third-order valence-corrected chi connectivity index (χ3v) is 4.76. The lowest BCUT2D eigenvalue weighted by atomic mass is 10.1. The molecule has 0 bridgehead atoms. The van der Waals surface area contributed by atoms with Gasteiger partial charge in [0.1, 0.15) is 12.1 Å². The molecule has 0 aliphatic rings. The maximum atomic E-state index is 12.1. The quantitative estimate of drug-likeness (QED) is 0.265. The fraction of sp³-hybridized carbons (Fsp3) is 0.214. The summed E-state index contributed by atoms with van der Waals surface area (Å²) < 4.78 is 9.90. The molecule has 0 spiro atoms. The van der Waals surface area contributed by atoms with Gasteiger partial charge in [0, 0.05) is 18.0 Å². The summed E-state index contributed by atoms with van der Waals surface area (Å²) in [6.07, 6.45) is 4.25. The normalized spacial score (nSPS) is 10.4. The van der Waals surface area contributed by atoms with Crippen LogP contribution in [0.15, 0.2) is 79.1 Å². The number of esters is 2. The van der Waals surface area contributed by atoms with E-state index in [1.165, 1.54) is 0 Å². The number of nitrogens with one attached hydrogen (secondary N) is 1. The number of nitrogens with zero attached hydrogens (tertiary/aromatic N) is 1. The first-order valence-electron chi connectivity index (χ1n) is 11.3. The second-order valence-electron chi connectivity index (χ2n) is 7.26. The van der Waals surface area contributed by atoms with Crippen molar-refractivity contribution in [3.63, 3.8) is 0 Å². The van der Waals surface area contributed by atoms with Crippen molar-refractivity contribution < 1.29 is 23.9 Å². The first kappa shape index (κ1) is 27.0. The van der Waals surface area contributed by atoms with Crippen molar-refractivity contribution in [3.8, 4) is 0 Å². The van der Waals surface area contributed by atoms with Gasteiger partial charge < -0.3 is 14.8 Å². The van der Waals surface area contributed by atoms with E-state index in [1.54, 1.807) is 50.5 Å². The number of carbonyl (C=O) groups excluding carboxylic acids is 3. The van der Waals surface area contributed by atoms with Crippen molar-refractivity contribution in [3.05, 3.63) is 101 Å². The molecule has 1 aromatic heterocycles. The molecule has 7 heteroatoms. The van der Waals surface area contributed by atoms with E-state index >= 15 is 0 Å². The van der Waals surface area contributed by atoms with Crippen LogP contribution in [0, 0.1) is 6.92 Å². The fourth-order valence-electron chi connectivity index (χ4n) is 3.04. The van der Waals surface area contributed by atoms with Gasteiger partial charge in [-0.25, -0.2) is 9.78 Å². The number of aromatic nitrogens is 1. The summed E-state index contributed by atoms with van der Waals surface area (Å²) in [5.41, 5.74) is 3.53. The predicted octanol–water partition coefficient (Wildman–Crippen LogP) is 5.01. The standard InChI is InChI=1S/C17H18N2O2.C11H12O3/c1-3-21-17(20)15(14-9-5-4-6-10-14)12-19-16-13(2)8-7-11-18-16;1-2-14-11(13)7-9-5-3-4-6-10(9)8-12/h4-12H,3H2,1-2H3,(H,18,19);3-6,8H,2,7H2,1H3/b15-12-;. The fourth-order valence-corrected chi connectivity index (χ4v) is 3.04. The van der Waals surface area contributed by atoms with E-state index in [1.807, 2.05) is 49.4 Å². The molecule has 0 amide bonds. The highest BCUT2D eigenvalue weighted by Gasteiger charge is 2.13. The van der Waals surface area contributed by atoms with Gasteiger partial charge in [0.25, 0.3) is 0 Å². The van der Waals surface area contributed by atoms with Crippen molar-refractivity contribution in [2.45, 2.75) is 27.2 Å². The van der Waals surface area contributed by atoms with Crippen LogP contribution < -0.4 is 5.32 Å². The van der Waals surface area contributed by atoms with Gasteiger partial charge in [-0.1, -0.05) is 60.7 Å². The predicted molar refractivity (Wildman–Crippen MR) is 136 cm³/mol. The lowest BCUT2D eigenvalue weighted by molar-refractivity contribution is -0.142. The molecule has 35 heavy (non-hydrogen) atoms. The van der Waals surface area contributed by atoms with Gasteiger partial charge in [0.15, 0.2) is 0 Å². The van der Waals surface area contributed by atoms with Crippen LogP contribution in [0.5, 0.6) is 0 Å². The maximum absolute atomic E-state index is 12.1. The zero-order valence-electron chi connectivity index (χ0n) is 20.2. The molecule has 0 atom stereocenters. The summed E-state index contributed by atoms with van der Waals surface area (Å²) in [6, 6.07) is 20.2. The van der Waals surface area contributed by atoms with E-state index in [-0.39, 0.29) is 18.4 Å². The summed E-state index contributed by atoms with van der Waals surface area (Å²) in [6.45, 7) is 6.20. The molecule has 0 aliphatic carbocycles. The van der Waals surface area contributed by atoms with Crippen molar-refractivity contribution in [2.75, 3.05) is 18.5 Å². The lowest BCUT2D eigenvalue weighted by Crippen LogP contribution is -2.09. The molecule has 3 rings (SSSR count). The molecule has 2 aromatic carbocycles. The van der Waals surface area contributed by atoms with Crippen LogP contribution >= 0.6 is 0 Å². The molecule has 182 valence electrons. The van der Waals surface area contributed by atoms with E-state index < -0.39 is 0 Å². The molecule has 1 N–H and O–H groups in total. The number of ether oxygens (including phenoxy) is 2. The van der Waals surface area contributed by atoms with Gasteiger partial charge in [-0.15, -0.1) is 0 Å². The van der Waals surface area contributed by atoms with Gasteiger partial charge in [-0.05, 0) is 43.5 Å². The minimum atomic E-state index is -0.357. The Morgan fingerprint density at radius 2 is 1.60 bits per heavy atom.